The second-order valence-corrected chi connectivity index (χ2v) is 4.80. The number of hydrogen-bond donors (Lipinski definition) is 2. The molecular formula is C13H20N2OS. The van der Waals surface area contributed by atoms with Gasteiger partial charge in [0.25, 0.3) is 5.91 Å². The van der Waals surface area contributed by atoms with E-state index in [-0.39, 0.29) is 11.9 Å². The van der Waals surface area contributed by atoms with Crippen LogP contribution in [0.5, 0.6) is 0 Å². The van der Waals surface area contributed by atoms with Crippen LogP contribution in [0.3, 0.4) is 0 Å². The van der Waals surface area contributed by atoms with Crippen molar-refractivity contribution in [2.45, 2.75) is 30.7 Å². The van der Waals surface area contributed by atoms with Gasteiger partial charge in [-0.15, -0.1) is 11.8 Å². The summed E-state index contributed by atoms with van der Waals surface area (Å²) < 4.78 is 0. The number of thioether (sulfide) groups is 1. The molecule has 17 heavy (non-hydrogen) atoms. The Morgan fingerprint density at radius 2 is 2.06 bits per heavy atom. The Balaban J connectivity index is 2.62. The normalized spacial score (nSPS) is 12.2. The molecule has 1 unspecified atom stereocenters. The highest BCUT2D eigenvalue weighted by Crippen LogP contribution is 2.14. The molecule has 94 valence electrons. The molecule has 0 bridgehead atoms. The van der Waals surface area contributed by atoms with Crippen molar-refractivity contribution < 1.29 is 4.79 Å². The van der Waals surface area contributed by atoms with Crippen LogP contribution in [0.15, 0.2) is 29.2 Å². The fourth-order valence-corrected chi connectivity index (χ4v) is 2.02. The van der Waals surface area contributed by atoms with Crippen molar-refractivity contribution in [3.05, 3.63) is 29.8 Å². The Hall–Kier alpha value is -1.00. The summed E-state index contributed by atoms with van der Waals surface area (Å²) >= 11 is 1.66. The first-order chi connectivity index (χ1) is 8.21. The van der Waals surface area contributed by atoms with Gasteiger partial charge in [-0.25, -0.2) is 0 Å². The van der Waals surface area contributed by atoms with E-state index in [2.05, 4.69) is 12.2 Å². The molecule has 1 rings (SSSR count). The zero-order chi connectivity index (χ0) is 12.7. The highest BCUT2D eigenvalue weighted by Gasteiger charge is 2.11. The number of nitrogens with two attached hydrogens (primary N) is 1. The highest BCUT2D eigenvalue weighted by molar-refractivity contribution is 7.98. The van der Waals surface area contributed by atoms with E-state index in [0.29, 0.717) is 12.1 Å². The quantitative estimate of drug-likeness (QED) is 0.764. The van der Waals surface area contributed by atoms with Crippen molar-refractivity contribution in [1.29, 1.82) is 0 Å². The summed E-state index contributed by atoms with van der Waals surface area (Å²) in [6.07, 6.45) is 3.96. The van der Waals surface area contributed by atoms with Gasteiger partial charge < -0.3 is 11.1 Å². The second-order valence-electron chi connectivity index (χ2n) is 3.92. The van der Waals surface area contributed by atoms with E-state index >= 15 is 0 Å². The van der Waals surface area contributed by atoms with Crippen molar-refractivity contribution in [2.75, 3.05) is 12.8 Å². The molecule has 0 heterocycles. The van der Waals surface area contributed by atoms with Gasteiger partial charge in [0.1, 0.15) is 0 Å². The summed E-state index contributed by atoms with van der Waals surface area (Å²) in [6, 6.07) is 7.68. The van der Waals surface area contributed by atoms with Crippen LogP contribution in [0.4, 0.5) is 0 Å². The van der Waals surface area contributed by atoms with E-state index in [0.717, 1.165) is 17.7 Å². The zero-order valence-electron chi connectivity index (χ0n) is 10.4. The standard InChI is InChI=1S/C13H20N2OS/c1-3-4-11(9-14)15-13(16)10-5-7-12(17-2)8-6-10/h5-8,11H,3-4,9,14H2,1-2H3,(H,15,16). The van der Waals surface area contributed by atoms with Crippen LogP contribution in [0.2, 0.25) is 0 Å². The lowest BCUT2D eigenvalue weighted by atomic mass is 10.1. The summed E-state index contributed by atoms with van der Waals surface area (Å²) in [5.41, 5.74) is 6.30. The molecule has 0 spiro atoms. The molecule has 0 radical (unpaired) electrons. The number of carbonyl (C=O) groups excluding carboxylic acids is 1. The summed E-state index contributed by atoms with van der Waals surface area (Å²) in [5.74, 6) is -0.0402. The zero-order valence-corrected chi connectivity index (χ0v) is 11.2. The molecule has 0 aromatic heterocycles. The van der Waals surface area contributed by atoms with Crippen LogP contribution in [0, 0.1) is 0 Å². The molecule has 1 aromatic rings. The molecule has 1 atom stereocenters. The molecule has 1 amide bonds. The van der Waals surface area contributed by atoms with Crippen molar-refractivity contribution >= 4 is 17.7 Å². The van der Waals surface area contributed by atoms with Crippen LogP contribution in [0.1, 0.15) is 30.1 Å². The maximum absolute atomic E-state index is 11.9. The summed E-state index contributed by atoms with van der Waals surface area (Å²) in [4.78, 5) is 13.1. The third kappa shape index (κ3) is 4.40. The Labute approximate surface area is 107 Å². The lowest BCUT2D eigenvalue weighted by Crippen LogP contribution is -2.40. The third-order valence-electron chi connectivity index (χ3n) is 2.61. The molecule has 3 nitrogen and oxygen atoms in total. The third-order valence-corrected chi connectivity index (χ3v) is 3.35. The molecule has 0 aliphatic carbocycles. The van der Waals surface area contributed by atoms with Crippen molar-refractivity contribution in [3.8, 4) is 0 Å². The molecular weight excluding hydrogens is 232 g/mol. The summed E-state index contributed by atoms with van der Waals surface area (Å²) in [5, 5.41) is 2.95. The van der Waals surface area contributed by atoms with E-state index < -0.39 is 0 Å². The molecule has 4 heteroatoms. The number of rotatable bonds is 6. The summed E-state index contributed by atoms with van der Waals surface area (Å²) in [6.45, 7) is 2.57. The lowest BCUT2D eigenvalue weighted by Gasteiger charge is -2.15. The van der Waals surface area contributed by atoms with E-state index in [4.69, 9.17) is 5.73 Å². The molecule has 0 saturated heterocycles. The number of amides is 1. The minimum absolute atomic E-state index is 0.0402. The van der Waals surface area contributed by atoms with Gasteiger partial charge in [-0.05, 0) is 36.9 Å². The molecule has 3 N–H and O–H groups in total. The van der Waals surface area contributed by atoms with E-state index in [1.807, 2.05) is 30.5 Å². The fraction of sp³-hybridized carbons (Fsp3) is 0.462. The van der Waals surface area contributed by atoms with Gasteiger partial charge in [0.05, 0.1) is 0 Å². The van der Waals surface area contributed by atoms with Gasteiger partial charge in [-0.2, -0.15) is 0 Å². The van der Waals surface area contributed by atoms with Crippen molar-refractivity contribution in [2.24, 2.45) is 5.73 Å². The fourth-order valence-electron chi connectivity index (χ4n) is 1.61. The highest BCUT2D eigenvalue weighted by atomic mass is 32.2. The monoisotopic (exact) mass is 252 g/mol. The molecule has 0 saturated carbocycles. The topological polar surface area (TPSA) is 55.1 Å². The van der Waals surface area contributed by atoms with Crippen LogP contribution in [0.25, 0.3) is 0 Å². The van der Waals surface area contributed by atoms with E-state index in [9.17, 15) is 4.79 Å². The predicted molar refractivity (Wildman–Crippen MR) is 73.4 cm³/mol. The summed E-state index contributed by atoms with van der Waals surface area (Å²) in [7, 11) is 0. The van der Waals surface area contributed by atoms with E-state index in [1.165, 1.54) is 0 Å². The van der Waals surface area contributed by atoms with Gasteiger partial charge in [-0.3, -0.25) is 4.79 Å². The molecule has 0 fully saturated rings. The minimum Gasteiger partial charge on any atom is -0.348 e. The molecule has 0 aliphatic rings. The predicted octanol–water partition coefficient (Wildman–Crippen LogP) is 2.27. The molecule has 1 aromatic carbocycles. The maximum Gasteiger partial charge on any atom is 0.251 e. The first kappa shape index (κ1) is 14.1. The Morgan fingerprint density at radius 1 is 1.41 bits per heavy atom. The van der Waals surface area contributed by atoms with Crippen LogP contribution < -0.4 is 11.1 Å². The van der Waals surface area contributed by atoms with Gasteiger partial charge >= 0.3 is 0 Å². The minimum atomic E-state index is -0.0402. The Morgan fingerprint density at radius 3 is 2.53 bits per heavy atom. The van der Waals surface area contributed by atoms with Gasteiger partial charge in [0, 0.05) is 23.0 Å². The second kappa shape index (κ2) is 7.35. The average Bonchev–Trinajstić information content (AvgIpc) is 2.38. The average molecular weight is 252 g/mol. The largest absolute Gasteiger partial charge is 0.348 e. The first-order valence-corrected chi connectivity index (χ1v) is 7.08. The number of hydrogen-bond acceptors (Lipinski definition) is 3. The van der Waals surface area contributed by atoms with Crippen molar-refractivity contribution in [3.63, 3.8) is 0 Å². The SMILES string of the molecule is CCCC(CN)NC(=O)c1ccc(SC)cc1. The van der Waals surface area contributed by atoms with Crippen LogP contribution >= 0.6 is 11.8 Å². The van der Waals surface area contributed by atoms with Crippen molar-refractivity contribution in [1.82, 2.24) is 5.32 Å². The van der Waals surface area contributed by atoms with E-state index in [1.54, 1.807) is 11.8 Å². The first-order valence-electron chi connectivity index (χ1n) is 5.86. The van der Waals surface area contributed by atoms with Gasteiger partial charge in [0.15, 0.2) is 0 Å². The van der Waals surface area contributed by atoms with Crippen LogP contribution in [-0.2, 0) is 0 Å². The smallest absolute Gasteiger partial charge is 0.251 e. The van der Waals surface area contributed by atoms with Gasteiger partial charge in [-0.1, -0.05) is 13.3 Å². The Bertz CT molecular complexity index is 351. The number of nitrogens with one attached hydrogen (secondary N) is 1. The molecule has 0 aliphatic heterocycles. The number of benzene rings is 1. The maximum atomic E-state index is 11.9. The Kier molecular flexibility index (Phi) is 6.08. The van der Waals surface area contributed by atoms with Crippen LogP contribution in [-0.4, -0.2) is 24.7 Å². The number of carbonyl (C=O) groups is 1. The van der Waals surface area contributed by atoms with Gasteiger partial charge in [0.2, 0.25) is 0 Å². The lowest BCUT2D eigenvalue weighted by molar-refractivity contribution is 0.0936.